The van der Waals surface area contributed by atoms with Crippen LogP contribution in [0, 0.1) is 5.92 Å². The molecule has 2 atom stereocenters. The average Bonchev–Trinajstić information content (AvgIpc) is 3.09. The summed E-state index contributed by atoms with van der Waals surface area (Å²) in [6.45, 7) is 5.50. The molecule has 3 N–H and O–H groups in total. The van der Waals surface area contributed by atoms with E-state index < -0.39 is 5.60 Å². The number of nitrogens with one attached hydrogen (secondary N) is 2. The van der Waals surface area contributed by atoms with Crippen molar-refractivity contribution in [2.75, 3.05) is 33.2 Å². The summed E-state index contributed by atoms with van der Waals surface area (Å²) in [5, 5.41) is 19.3. The first-order valence-electron chi connectivity index (χ1n) is 9.59. The molecule has 2 aliphatic rings. The summed E-state index contributed by atoms with van der Waals surface area (Å²) >= 11 is 1.86. The zero-order valence-electron chi connectivity index (χ0n) is 15.9. The van der Waals surface area contributed by atoms with Gasteiger partial charge in [0.05, 0.1) is 12.1 Å². The van der Waals surface area contributed by atoms with Gasteiger partial charge in [0.1, 0.15) is 0 Å². The third kappa shape index (κ3) is 5.56. The molecule has 1 aromatic heterocycles. The van der Waals surface area contributed by atoms with Crippen LogP contribution < -0.4 is 10.6 Å². The molecule has 2 fully saturated rings. The number of likely N-dealkylation sites (tertiary alicyclic amines) is 1. The van der Waals surface area contributed by atoms with E-state index in [2.05, 4.69) is 52.0 Å². The molecule has 148 valence electrons. The standard InChI is InChI=1S/C19H32N4OS.HI/c1-3-20-18(22-14-19(24)9-6-10-19)21-13-15-7-4-11-23(2)17(15)16-8-5-12-25-16;/h5,8,12,15,17,24H,3-4,6-7,9-11,13-14H2,1-2H3,(H2,20,21,22);1H. The van der Waals surface area contributed by atoms with E-state index in [4.69, 9.17) is 0 Å². The van der Waals surface area contributed by atoms with Crippen LogP contribution in [0.4, 0.5) is 0 Å². The highest BCUT2D eigenvalue weighted by Gasteiger charge is 2.34. The molecule has 3 rings (SSSR count). The molecule has 2 unspecified atom stereocenters. The van der Waals surface area contributed by atoms with Crippen LogP contribution >= 0.6 is 35.3 Å². The van der Waals surface area contributed by atoms with E-state index in [0.717, 1.165) is 38.3 Å². The zero-order valence-corrected chi connectivity index (χ0v) is 19.1. The van der Waals surface area contributed by atoms with Crippen LogP contribution in [-0.2, 0) is 0 Å². The molecule has 26 heavy (non-hydrogen) atoms. The van der Waals surface area contributed by atoms with E-state index in [1.54, 1.807) is 0 Å². The third-order valence-corrected chi connectivity index (χ3v) is 6.48. The fraction of sp³-hybridized carbons (Fsp3) is 0.737. The Kier molecular flexibility index (Phi) is 8.63. The predicted molar refractivity (Wildman–Crippen MR) is 121 cm³/mol. The van der Waals surface area contributed by atoms with E-state index in [1.807, 2.05) is 11.3 Å². The first-order valence-corrected chi connectivity index (χ1v) is 10.5. The molecule has 1 aromatic rings. The molecular formula is C19H33IN4OS. The SMILES string of the molecule is CCNC(=NCC1(O)CCC1)NCC1CCCN(C)C1c1cccs1.I. The van der Waals surface area contributed by atoms with Crippen LogP contribution in [0.3, 0.4) is 0 Å². The molecule has 1 saturated heterocycles. The summed E-state index contributed by atoms with van der Waals surface area (Å²) in [7, 11) is 2.24. The number of halogens is 1. The number of thiophene rings is 1. The number of aliphatic hydroxyl groups is 1. The number of hydrogen-bond acceptors (Lipinski definition) is 4. The smallest absolute Gasteiger partial charge is 0.191 e. The van der Waals surface area contributed by atoms with E-state index in [9.17, 15) is 5.11 Å². The predicted octanol–water partition coefficient (Wildman–Crippen LogP) is 3.22. The van der Waals surface area contributed by atoms with Gasteiger partial charge in [0.25, 0.3) is 0 Å². The number of nitrogens with zero attached hydrogens (tertiary/aromatic N) is 2. The zero-order chi connectivity index (χ0) is 17.7. The fourth-order valence-electron chi connectivity index (χ4n) is 3.92. The summed E-state index contributed by atoms with van der Waals surface area (Å²) < 4.78 is 0. The first kappa shape index (κ1) is 21.9. The number of aliphatic imine (C=N–C) groups is 1. The monoisotopic (exact) mass is 492 g/mol. The molecule has 0 radical (unpaired) electrons. The fourth-order valence-corrected chi connectivity index (χ4v) is 4.90. The van der Waals surface area contributed by atoms with Crippen LogP contribution in [0.25, 0.3) is 0 Å². The van der Waals surface area contributed by atoms with E-state index in [0.29, 0.717) is 18.5 Å². The number of hydrogen-bond donors (Lipinski definition) is 3. The molecule has 2 heterocycles. The van der Waals surface area contributed by atoms with Gasteiger partial charge in [-0.15, -0.1) is 35.3 Å². The normalized spacial score (nSPS) is 25.9. The Hall–Kier alpha value is -0.380. The second kappa shape index (κ2) is 10.2. The molecule has 0 amide bonds. The lowest BCUT2D eigenvalue weighted by molar-refractivity contribution is -0.0236. The lowest BCUT2D eigenvalue weighted by Gasteiger charge is -2.39. The minimum Gasteiger partial charge on any atom is -0.388 e. The summed E-state index contributed by atoms with van der Waals surface area (Å²) in [5.41, 5.74) is -0.563. The number of piperidine rings is 1. The van der Waals surface area contributed by atoms with Gasteiger partial charge in [-0.3, -0.25) is 9.89 Å². The van der Waals surface area contributed by atoms with Gasteiger partial charge in [0.2, 0.25) is 0 Å². The first-order chi connectivity index (χ1) is 12.1. The van der Waals surface area contributed by atoms with Crippen molar-refractivity contribution < 1.29 is 5.11 Å². The van der Waals surface area contributed by atoms with Crippen LogP contribution in [-0.4, -0.2) is 54.8 Å². The minimum atomic E-state index is -0.563. The summed E-state index contributed by atoms with van der Waals surface area (Å²) in [4.78, 5) is 8.58. The Morgan fingerprint density at radius 3 is 2.81 bits per heavy atom. The van der Waals surface area contributed by atoms with Crippen molar-refractivity contribution >= 4 is 41.3 Å². The number of guanidine groups is 1. The molecule has 1 aliphatic heterocycles. The number of rotatable bonds is 6. The molecule has 5 nitrogen and oxygen atoms in total. The summed E-state index contributed by atoms with van der Waals surface area (Å²) in [5.74, 6) is 1.41. The molecule has 0 aromatic carbocycles. The van der Waals surface area contributed by atoms with E-state index in [-0.39, 0.29) is 24.0 Å². The molecule has 1 aliphatic carbocycles. The van der Waals surface area contributed by atoms with Gasteiger partial charge in [0.15, 0.2) is 5.96 Å². The highest BCUT2D eigenvalue weighted by Crippen LogP contribution is 2.36. The van der Waals surface area contributed by atoms with Gasteiger partial charge in [0, 0.05) is 24.0 Å². The Bertz CT molecular complexity index is 562. The summed E-state index contributed by atoms with van der Waals surface area (Å²) in [6.07, 6.45) is 5.36. The Balaban J connectivity index is 0.00000243. The molecule has 0 spiro atoms. The van der Waals surface area contributed by atoms with Gasteiger partial charge in [-0.05, 0) is 70.0 Å². The highest BCUT2D eigenvalue weighted by molar-refractivity contribution is 14.0. The van der Waals surface area contributed by atoms with Crippen LogP contribution in [0.2, 0.25) is 0 Å². The lowest BCUT2D eigenvalue weighted by Crippen LogP contribution is -2.46. The van der Waals surface area contributed by atoms with Crippen molar-refractivity contribution in [1.82, 2.24) is 15.5 Å². The highest BCUT2D eigenvalue weighted by atomic mass is 127. The molecule has 1 saturated carbocycles. The average molecular weight is 492 g/mol. The van der Waals surface area contributed by atoms with Crippen LogP contribution in [0.5, 0.6) is 0 Å². The molecule has 0 bridgehead atoms. The Morgan fingerprint density at radius 2 is 2.19 bits per heavy atom. The topological polar surface area (TPSA) is 59.9 Å². The van der Waals surface area contributed by atoms with Gasteiger partial charge in [-0.1, -0.05) is 6.07 Å². The maximum absolute atomic E-state index is 10.3. The van der Waals surface area contributed by atoms with Crippen molar-refractivity contribution in [1.29, 1.82) is 0 Å². The van der Waals surface area contributed by atoms with E-state index >= 15 is 0 Å². The molecular weight excluding hydrogens is 459 g/mol. The maximum Gasteiger partial charge on any atom is 0.191 e. The lowest BCUT2D eigenvalue weighted by atomic mass is 9.80. The quantitative estimate of drug-likeness (QED) is 0.324. The van der Waals surface area contributed by atoms with Gasteiger partial charge in [-0.2, -0.15) is 0 Å². The van der Waals surface area contributed by atoms with Crippen molar-refractivity contribution in [2.24, 2.45) is 10.9 Å². The third-order valence-electron chi connectivity index (χ3n) is 5.53. The summed E-state index contributed by atoms with van der Waals surface area (Å²) in [6, 6.07) is 4.90. The van der Waals surface area contributed by atoms with Gasteiger partial charge < -0.3 is 15.7 Å². The van der Waals surface area contributed by atoms with Gasteiger partial charge >= 0.3 is 0 Å². The van der Waals surface area contributed by atoms with Crippen molar-refractivity contribution in [3.8, 4) is 0 Å². The maximum atomic E-state index is 10.3. The largest absolute Gasteiger partial charge is 0.388 e. The minimum absolute atomic E-state index is 0. The Morgan fingerprint density at radius 1 is 1.38 bits per heavy atom. The Labute approximate surface area is 178 Å². The van der Waals surface area contributed by atoms with Crippen molar-refractivity contribution in [3.63, 3.8) is 0 Å². The van der Waals surface area contributed by atoms with Gasteiger partial charge in [-0.25, -0.2) is 0 Å². The van der Waals surface area contributed by atoms with Crippen LogP contribution in [0.15, 0.2) is 22.5 Å². The van der Waals surface area contributed by atoms with E-state index in [1.165, 1.54) is 24.3 Å². The second-order valence-corrected chi connectivity index (χ2v) is 8.48. The molecule has 7 heteroatoms. The van der Waals surface area contributed by atoms with Crippen molar-refractivity contribution in [2.45, 2.75) is 50.7 Å². The second-order valence-electron chi connectivity index (χ2n) is 7.50. The van der Waals surface area contributed by atoms with Crippen LogP contribution in [0.1, 0.15) is 49.9 Å². The van der Waals surface area contributed by atoms with Crippen molar-refractivity contribution in [3.05, 3.63) is 22.4 Å².